The summed E-state index contributed by atoms with van der Waals surface area (Å²) >= 11 is 0. The lowest BCUT2D eigenvalue weighted by Gasteiger charge is -2.18. The van der Waals surface area contributed by atoms with Crippen LogP contribution in [0.1, 0.15) is 27.3 Å². The van der Waals surface area contributed by atoms with Gasteiger partial charge in [0.25, 0.3) is 5.91 Å². The number of amides is 1. The minimum absolute atomic E-state index is 0.0545. The van der Waals surface area contributed by atoms with E-state index in [-0.39, 0.29) is 35.1 Å². The summed E-state index contributed by atoms with van der Waals surface area (Å²) in [5, 5.41) is 2.52. The number of carbonyl (C=O) groups excluding carboxylic acids is 1. The minimum Gasteiger partial charge on any atom is -0.483 e. The molecule has 7 nitrogen and oxygen atoms in total. The molecule has 0 fully saturated rings. The first-order valence-corrected chi connectivity index (χ1v) is 11.8. The van der Waals surface area contributed by atoms with Gasteiger partial charge in [0.1, 0.15) is 6.61 Å². The van der Waals surface area contributed by atoms with E-state index in [9.17, 15) is 18.0 Å². The van der Waals surface area contributed by atoms with Crippen molar-refractivity contribution in [2.45, 2.75) is 24.8 Å². The van der Waals surface area contributed by atoms with E-state index >= 15 is 0 Å². The highest BCUT2D eigenvalue weighted by Crippen LogP contribution is 2.19. The Morgan fingerprint density at radius 3 is 2.44 bits per heavy atom. The SMILES string of the molecule is CNC(=O)c1c(OCc2ccccc2)c(=O)cc(CCS(=O)(=O)c2cccc(C)c2)n1C. The van der Waals surface area contributed by atoms with E-state index in [0.717, 1.165) is 11.1 Å². The lowest BCUT2D eigenvalue weighted by atomic mass is 10.2. The molecule has 0 aliphatic carbocycles. The first-order chi connectivity index (χ1) is 15.2. The Hall–Kier alpha value is -3.39. The fourth-order valence-corrected chi connectivity index (χ4v) is 4.74. The van der Waals surface area contributed by atoms with Crippen LogP contribution >= 0.6 is 0 Å². The number of sulfone groups is 1. The Morgan fingerprint density at radius 2 is 1.78 bits per heavy atom. The van der Waals surface area contributed by atoms with Gasteiger partial charge in [0, 0.05) is 32.3 Å². The highest BCUT2D eigenvalue weighted by Gasteiger charge is 2.22. The standard InChI is InChI=1S/C24H26N2O5S/c1-17-8-7-11-20(14-17)32(29,30)13-12-19-15-21(27)23(22(26(19)3)24(28)25-2)31-16-18-9-5-4-6-10-18/h4-11,14-15H,12-13,16H2,1-3H3,(H,25,28). The Labute approximate surface area is 187 Å². The van der Waals surface area contributed by atoms with E-state index in [0.29, 0.717) is 5.69 Å². The molecule has 8 heteroatoms. The number of hydrogen-bond donors (Lipinski definition) is 1. The molecule has 1 heterocycles. The zero-order valence-corrected chi connectivity index (χ0v) is 19.1. The van der Waals surface area contributed by atoms with E-state index in [1.165, 1.54) is 17.7 Å². The van der Waals surface area contributed by atoms with Gasteiger partial charge in [0.15, 0.2) is 21.3 Å². The third kappa shape index (κ3) is 5.26. The maximum atomic E-state index is 12.8. The number of ether oxygens (including phenoxy) is 1. The number of carbonyl (C=O) groups is 1. The van der Waals surface area contributed by atoms with Crippen molar-refractivity contribution >= 4 is 15.7 Å². The molecule has 0 bridgehead atoms. The largest absolute Gasteiger partial charge is 0.483 e. The lowest BCUT2D eigenvalue weighted by molar-refractivity contribution is 0.0948. The van der Waals surface area contributed by atoms with Crippen molar-refractivity contribution < 1.29 is 17.9 Å². The number of nitrogens with one attached hydrogen (secondary N) is 1. The van der Waals surface area contributed by atoms with Gasteiger partial charge in [-0.25, -0.2) is 8.42 Å². The molecule has 3 rings (SSSR count). The Bertz CT molecular complexity index is 1280. The van der Waals surface area contributed by atoms with Crippen LogP contribution < -0.4 is 15.5 Å². The topological polar surface area (TPSA) is 94.5 Å². The molecule has 0 aliphatic rings. The van der Waals surface area contributed by atoms with Crippen LogP contribution in [0.15, 0.2) is 70.4 Å². The molecule has 0 aliphatic heterocycles. The molecule has 32 heavy (non-hydrogen) atoms. The highest BCUT2D eigenvalue weighted by molar-refractivity contribution is 7.91. The van der Waals surface area contributed by atoms with Crippen LogP contribution in [0.5, 0.6) is 5.75 Å². The van der Waals surface area contributed by atoms with Gasteiger partial charge in [-0.1, -0.05) is 42.5 Å². The molecule has 0 unspecified atom stereocenters. The van der Waals surface area contributed by atoms with Crippen molar-refractivity contribution in [2.75, 3.05) is 12.8 Å². The first kappa shape index (κ1) is 23.3. The Morgan fingerprint density at radius 1 is 1.06 bits per heavy atom. The molecule has 1 N–H and O–H groups in total. The van der Waals surface area contributed by atoms with Crippen LogP contribution in [-0.4, -0.2) is 31.7 Å². The van der Waals surface area contributed by atoms with Crippen molar-refractivity contribution in [2.24, 2.45) is 7.05 Å². The summed E-state index contributed by atoms with van der Waals surface area (Å²) < 4.78 is 32.8. The van der Waals surface area contributed by atoms with Gasteiger partial charge >= 0.3 is 0 Å². The second-order valence-electron chi connectivity index (χ2n) is 7.48. The normalized spacial score (nSPS) is 11.2. The Kier molecular flexibility index (Phi) is 7.15. The van der Waals surface area contributed by atoms with Crippen LogP contribution in [0, 0.1) is 6.92 Å². The molecule has 0 radical (unpaired) electrons. The third-order valence-electron chi connectivity index (χ3n) is 5.15. The summed E-state index contributed by atoms with van der Waals surface area (Å²) in [6.07, 6.45) is 0.0744. The van der Waals surface area contributed by atoms with Gasteiger partial charge in [0.2, 0.25) is 5.43 Å². The molecule has 168 valence electrons. The molecular formula is C24H26N2O5S. The summed E-state index contributed by atoms with van der Waals surface area (Å²) in [5.74, 6) is -0.752. The number of rotatable bonds is 8. The van der Waals surface area contributed by atoms with E-state index in [1.807, 2.05) is 43.3 Å². The molecule has 2 aromatic carbocycles. The highest BCUT2D eigenvalue weighted by atomic mass is 32.2. The van der Waals surface area contributed by atoms with Crippen LogP contribution in [0.3, 0.4) is 0 Å². The van der Waals surface area contributed by atoms with Crippen LogP contribution in [0.2, 0.25) is 0 Å². The fourth-order valence-electron chi connectivity index (χ4n) is 3.37. The van der Waals surface area contributed by atoms with Gasteiger partial charge in [0.05, 0.1) is 10.6 Å². The van der Waals surface area contributed by atoms with Crippen LogP contribution in [-0.2, 0) is 29.9 Å². The number of hydrogen-bond acceptors (Lipinski definition) is 5. The fraction of sp³-hybridized carbons (Fsp3) is 0.250. The molecule has 0 saturated heterocycles. The minimum atomic E-state index is -3.55. The van der Waals surface area contributed by atoms with Crippen molar-refractivity contribution in [3.8, 4) is 5.75 Å². The molecular weight excluding hydrogens is 428 g/mol. The summed E-state index contributed by atoms with van der Waals surface area (Å²) in [7, 11) is -0.473. The van der Waals surface area contributed by atoms with Crippen molar-refractivity contribution in [3.63, 3.8) is 0 Å². The van der Waals surface area contributed by atoms with E-state index in [2.05, 4.69) is 5.32 Å². The van der Waals surface area contributed by atoms with Gasteiger partial charge in [-0.15, -0.1) is 0 Å². The predicted molar refractivity (Wildman–Crippen MR) is 123 cm³/mol. The van der Waals surface area contributed by atoms with Crippen molar-refractivity contribution in [1.82, 2.24) is 9.88 Å². The summed E-state index contributed by atoms with van der Waals surface area (Å²) in [6, 6.07) is 17.3. The molecule has 3 aromatic rings. The zero-order chi connectivity index (χ0) is 23.3. The van der Waals surface area contributed by atoms with Crippen LogP contribution in [0.25, 0.3) is 0 Å². The Balaban J connectivity index is 1.91. The first-order valence-electron chi connectivity index (χ1n) is 10.1. The van der Waals surface area contributed by atoms with Crippen LogP contribution in [0.4, 0.5) is 0 Å². The average molecular weight is 455 g/mol. The number of benzene rings is 2. The molecule has 0 spiro atoms. The van der Waals surface area contributed by atoms with Crippen molar-refractivity contribution in [1.29, 1.82) is 0 Å². The summed E-state index contributed by atoms with van der Waals surface area (Å²) in [5.41, 5.74) is 1.71. The van der Waals surface area contributed by atoms with Gasteiger partial charge in [-0.2, -0.15) is 0 Å². The summed E-state index contributed by atoms with van der Waals surface area (Å²) in [4.78, 5) is 25.6. The molecule has 0 saturated carbocycles. The second-order valence-corrected chi connectivity index (χ2v) is 9.58. The van der Waals surface area contributed by atoms with Gasteiger partial charge < -0.3 is 14.6 Å². The quantitative estimate of drug-likeness (QED) is 0.565. The van der Waals surface area contributed by atoms with Gasteiger partial charge in [-0.05, 0) is 30.2 Å². The van der Waals surface area contributed by atoms with E-state index in [1.54, 1.807) is 25.2 Å². The number of nitrogens with zero attached hydrogens (tertiary/aromatic N) is 1. The average Bonchev–Trinajstić information content (AvgIpc) is 2.78. The third-order valence-corrected chi connectivity index (χ3v) is 6.86. The number of pyridine rings is 1. The van der Waals surface area contributed by atoms with E-state index in [4.69, 9.17) is 4.74 Å². The number of aryl methyl sites for hydroxylation is 2. The molecule has 1 amide bonds. The number of aromatic nitrogens is 1. The maximum absolute atomic E-state index is 12.8. The predicted octanol–water partition coefficient (Wildman–Crippen LogP) is 2.65. The van der Waals surface area contributed by atoms with Gasteiger partial charge in [-0.3, -0.25) is 9.59 Å². The molecule has 1 aromatic heterocycles. The maximum Gasteiger partial charge on any atom is 0.271 e. The smallest absolute Gasteiger partial charge is 0.271 e. The lowest BCUT2D eigenvalue weighted by Crippen LogP contribution is -2.29. The second kappa shape index (κ2) is 9.82. The molecule has 0 atom stereocenters. The van der Waals surface area contributed by atoms with E-state index < -0.39 is 21.2 Å². The van der Waals surface area contributed by atoms with Crippen molar-refractivity contribution in [3.05, 3.63) is 93.4 Å². The summed E-state index contributed by atoms with van der Waals surface area (Å²) in [6.45, 7) is 1.95. The zero-order valence-electron chi connectivity index (χ0n) is 18.3. The monoisotopic (exact) mass is 454 g/mol.